The monoisotopic (exact) mass is 252 g/mol. The molecule has 0 aliphatic heterocycles. The molecule has 1 aliphatic carbocycles. The summed E-state index contributed by atoms with van der Waals surface area (Å²) in [5, 5.41) is 18.1. The molecule has 0 amide bonds. The number of hydrogen-bond donors (Lipinski definition) is 2. The fraction of sp³-hybridized carbons (Fsp3) is 0.538. The second-order valence-corrected chi connectivity index (χ2v) is 5.08. The zero-order valence-corrected chi connectivity index (χ0v) is 10.5. The van der Waals surface area contributed by atoms with E-state index in [1.807, 2.05) is 0 Å². The summed E-state index contributed by atoms with van der Waals surface area (Å²) in [5.74, 6) is 0.246. The van der Waals surface area contributed by atoms with Crippen molar-refractivity contribution in [3.8, 4) is 5.75 Å². The van der Waals surface area contributed by atoms with Gasteiger partial charge in [0, 0.05) is 0 Å². The maximum absolute atomic E-state index is 13.6. The Kier molecular flexibility index (Phi) is 4.25. The van der Waals surface area contributed by atoms with E-state index in [-0.39, 0.29) is 17.3 Å². The molecular weight excluding hydrogens is 234 g/mol. The van der Waals surface area contributed by atoms with Crippen LogP contribution in [0.2, 0.25) is 0 Å². The van der Waals surface area contributed by atoms with Crippen LogP contribution in [0.4, 0.5) is 4.39 Å². The van der Waals surface area contributed by atoms with Crippen LogP contribution in [-0.2, 0) is 0 Å². The molecule has 1 aromatic carbocycles. The second-order valence-electron chi connectivity index (χ2n) is 5.08. The van der Waals surface area contributed by atoms with Crippen molar-refractivity contribution in [2.45, 2.75) is 38.7 Å². The molecule has 2 rings (SSSR count). The standard InChI is InChI=1S/C13H18BFO3/c1-9-3-2-4-11(7-9)18-13-8-10(14(16)17)5-6-12(13)15/h5-6,8-9,11,16-17H,2-4,7H2,1H3. The van der Waals surface area contributed by atoms with Crippen molar-refractivity contribution < 1.29 is 19.2 Å². The van der Waals surface area contributed by atoms with Gasteiger partial charge in [-0.15, -0.1) is 0 Å². The summed E-state index contributed by atoms with van der Waals surface area (Å²) in [6, 6.07) is 3.91. The molecule has 0 bridgehead atoms. The Labute approximate surface area is 107 Å². The summed E-state index contributed by atoms with van der Waals surface area (Å²) in [7, 11) is -1.60. The van der Waals surface area contributed by atoms with Crippen molar-refractivity contribution in [2.24, 2.45) is 5.92 Å². The molecule has 0 heterocycles. The Morgan fingerprint density at radius 3 is 2.78 bits per heavy atom. The first-order valence-electron chi connectivity index (χ1n) is 6.38. The molecule has 0 saturated heterocycles. The summed E-state index contributed by atoms with van der Waals surface area (Å²) in [6.45, 7) is 2.17. The third kappa shape index (κ3) is 3.24. The lowest BCUT2D eigenvalue weighted by molar-refractivity contribution is 0.124. The molecule has 1 aliphatic rings. The molecule has 1 aromatic rings. The quantitative estimate of drug-likeness (QED) is 0.801. The van der Waals surface area contributed by atoms with E-state index >= 15 is 0 Å². The molecule has 0 aromatic heterocycles. The van der Waals surface area contributed by atoms with Gasteiger partial charge in [0.25, 0.3) is 0 Å². The molecule has 18 heavy (non-hydrogen) atoms. The number of hydrogen-bond acceptors (Lipinski definition) is 3. The summed E-state index contributed by atoms with van der Waals surface area (Å²) >= 11 is 0. The van der Waals surface area contributed by atoms with Crippen molar-refractivity contribution in [1.29, 1.82) is 0 Å². The van der Waals surface area contributed by atoms with Crippen molar-refractivity contribution in [2.75, 3.05) is 0 Å². The molecule has 0 radical (unpaired) electrons. The van der Waals surface area contributed by atoms with Crippen molar-refractivity contribution in [3.63, 3.8) is 0 Å². The predicted molar refractivity (Wildman–Crippen MR) is 68.3 cm³/mol. The van der Waals surface area contributed by atoms with Gasteiger partial charge in [-0.1, -0.05) is 19.4 Å². The minimum absolute atomic E-state index is 0.0225. The van der Waals surface area contributed by atoms with Crippen LogP contribution < -0.4 is 10.2 Å². The van der Waals surface area contributed by atoms with Gasteiger partial charge in [-0.3, -0.25) is 0 Å². The van der Waals surface area contributed by atoms with E-state index in [4.69, 9.17) is 14.8 Å². The summed E-state index contributed by atoms with van der Waals surface area (Å²) in [5.41, 5.74) is 0.246. The van der Waals surface area contributed by atoms with E-state index in [1.54, 1.807) is 0 Å². The first kappa shape index (κ1) is 13.4. The summed E-state index contributed by atoms with van der Waals surface area (Å²) in [6.07, 6.45) is 4.16. The van der Waals surface area contributed by atoms with Gasteiger partial charge in [0.2, 0.25) is 0 Å². The van der Waals surface area contributed by atoms with Crippen LogP contribution >= 0.6 is 0 Å². The van der Waals surface area contributed by atoms with Crippen LogP contribution in [-0.4, -0.2) is 23.3 Å². The van der Waals surface area contributed by atoms with Crippen molar-refractivity contribution in [3.05, 3.63) is 24.0 Å². The maximum atomic E-state index is 13.6. The molecule has 3 nitrogen and oxygen atoms in total. The topological polar surface area (TPSA) is 49.7 Å². The van der Waals surface area contributed by atoms with Gasteiger partial charge < -0.3 is 14.8 Å². The summed E-state index contributed by atoms with van der Waals surface area (Å²) < 4.78 is 19.2. The van der Waals surface area contributed by atoms with Crippen LogP contribution in [0.15, 0.2) is 18.2 Å². The number of ether oxygens (including phenoxy) is 1. The molecule has 2 unspecified atom stereocenters. The zero-order valence-electron chi connectivity index (χ0n) is 10.5. The highest BCUT2D eigenvalue weighted by Crippen LogP contribution is 2.28. The number of benzene rings is 1. The van der Waals surface area contributed by atoms with Crippen LogP contribution in [0, 0.1) is 11.7 Å². The average Bonchev–Trinajstić information content (AvgIpc) is 2.31. The first-order chi connectivity index (χ1) is 8.56. The Morgan fingerprint density at radius 2 is 2.11 bits per heavy atom. The SMILES string of the molecule is CC1CCCC(Oc2cc(B(O)O)ccc2F)C1. The minimum atomic E-state index is -1.60. The van der Waals surface area contributed by atoms with Gasteiger partial charge in [-0.25, -0.2) is 4.39 Å². The molecule has 1 saturated carbocycles. The van der Waals surface area contributed by atoms with Gasteiger partial charge in [0.05, 0.1) is 6.10 Å². The van der Waals surface area contributed by atoms with Gasteiger partial charge in [0.1, 0.15) is 0 Å². The largest absolute Gasteiger partial charge is 0.488 e. The van der Waals surface area contributed by atoms with E-state index in [0.717, 1.165) is 19.3 Å². The normalized spacial score (nSPS) is 23.8. The van der Waals surface area contributed by atoms with Crippen molar-refractivity contribution in [1.82, 2.24) is 0 Å². The lowest BCUT2D eigenvalue weighted by Gasteiger charge is -2.27. The fourth-order valence-corrected chi connectivity index (χ4v) is 2.44. The van der Waals surface area contributed by atoms with Gasteiger partial charge in [-0.2, -0.15) is 0 Å². The third-order valence-electron chi connectivity index (χ3n) is 3.44. The molecule has 2 atom stereocenters. The van der Waals surface area contributed by atoms with Crippen LogP contribution in [0.3, 0.4) is 0 Å². The minimum Gasteiger partial charge on any atom is -0.487 e. The lowest BCUT2D eigenvalue weighted by Crippen LogP contribution is -2.31. The highest BCUT2D eigenvalue weighted by atomic mass is 19.1. The molecule has 2 N–H and O–H groups in total. The van der Waals surface area contributed by atoms with E-state index in [1.165, 1.54) is 24.6 Å². The molecular formula is C13H18BFO3. The smallest absolute Gasteiger partial charge is 0.487 e. The van der Waals surface area contributed by atoms with Crippen LogP contribution in [0.25, 0.3) is 0 Å². The van der Waals surface area contributed by atoms with Crippen molar-refractivity contribution >= 4 is 12.6 Å². The van der Waals surface area contributed by atoms with Gasteiger partial charge >= 0.3 is 7.12 Å². The Hall–Kier alpha value is -1.07. The predicted octanol–water partition coefficient (Wildman–Crippen LogP) is 1.46. The fourth-order valence-electron chi connectivity index (χ4n) is 2.44. The molecule has 0 spiro atoms. The van der Waals surface area contributed by atoms with Crippen LogP contribution in [0.5, 0.6) is 5.75 Å². The van der Waals surface area contributed by atoms with Gasteiger partial charge in [0.15, 0.2) is 11.6 Å². The Bertz CT molecular complexity index is 411. The number of halogens is 1. The van der Waals surface area contributed by atoms with E-state index in [2.05, 4.69) is 6.92 Å². The second kappa shape index (κ2) is 5.72. The first-order valence-corrected chi connectivity index (χ1v) is 6.38. The average molecular weight is 252 g/mol. The molecule has 5 heteroatoms. The highest BCUT2D eigenvalue weighted by Gasteiger charge is 2.22. The summed E-state index contributed by atoms with van der Waals surface area (Å²) in [4.78, 5) is 0. The third-order valence-corrected chi connectivity index (χ3v) is 3.44. The van der Waals surface area contributed by atoms with E-state index in [0.29, 0.717) is 5.92 Å². The van der Waals surface area contributed by atoms with Gasteiger partial charge in [-0.05, 0) is 42.8 Å². The number of rotatable bonds is 3. The Balaban J connectivity index is 2.10. The molecule has 1 fully saturated rings. The van der Waals surface area contributed by atoms with E-state index in [9.17, 15) is 4.39 Å². The molecule has 98 valence electrons. The van der Waals surface area contributed by atoms with Crippen LogP contribution in [0.1, 0.15) is 32.6 Å². The zero-order chi connectivity index (χ0) is 13.1. The highest BCUT2D eigenvalue weighted by molar-refractivity contribution is 6.58. The Morgan fingerprint density at radius 1 is 1.33 bits per heavy atom. The lowest BCUT2D eigenvalue weighted by atomic mass is 9.80. The maximum Gasteiger partial charge on any atom is 0.488 e. The van der Waals surface area contributed by atoms with E-state index < -0.39 is 12.9 Å².